The van der Waals surface area contributed by atoms with Gasteiger partial charge in [0.25, 0.3) is 0 Å². The summed E-state index contributed by atoms with van der Waals surface area (Å²) in [4.78, 5) is 25.0. The van der Waals surface area contributed by atoms with E-state index in [1.54, 1.807) is 12.1 Å². The number of benzene rings is 2. The fraction of sp³-hybridized carbons (Fsp3) is 0.385. The number of fused-ring (bicyclic) bond motifs is 1. The van der Waals surface area contributed by atoms with Crippen LogP contribution in [0.5, 0.6) is 28.7 Å². The van der Waals surface area contributed by atoms with Gasteiger partial charge in [-0.1, -0.05) is 33.1 Å². The molecule has 0 saturated carbocycles. The van der Waals surface area contributed by atoms with Gasteiger partial charge < -0.3 is 24.4 Å². The number of phenolic OH excluding ortho intramolecular Hbond substituents is 2. The highest BCUT2D eigenvalue weighted by atomic mass is 16.5. The Bertz CT molecular complexity index is 1100. The van der Waals surface area contributed by atoms with Crippen LogP contribution in [0.3, 0.4) is 0 Å². The Hall–Kier alpha value is -3.48. The number of methoxy groups -OCH3 is 1. The number of ketones is 1. The van der Waals surface area contributed by atoms with Gasteiger partial charge in [0, 0.05) is 23.3 Å². The molecule has 0 atom stereocenters. The number of carbonyl (C=O) groups is 2. The van der Waals surface area contributed by atoms with Crippen molar-refractivity contribution in [3.05, 3.63) is 46.5 Å². The molecule has 0 aromatic heterocycles. The quantitative estimate of drug-likeness (QED) is 0.252. The van der Waals surface area contributed by atoms with Crippen LogP contribution in [0.15, 0.2) is 24.3 Å². The molecule has 2 aromatic rings. The molecule has 7 heteroatoms. The largest absolute Gasteiger partial charge is 0.507 e. The Kier molecular flexibility index (Phi) is 7.63. The Labute approximate surface area is 193 Å². The average Bonchev–Trinajstić information content (AvgIpc) is 3.09. The van der Waals surface area contributed by atoms with Gasteiger partial charge in [0.05, 0.1) is 12.7 Å². The third-order valence-corrected chi connectivity index (χ3v) is 5.53. The Morgan fingerprint density at radius 3 is 2.48 bits per heavy atom. The van der Waals surface area contributed by atoms with Gasteiger partial charge >= 0.3 is 5.97 Å². The smallest absolute Gasteiger partial charge is 0.348 e. The van der Waals surface area contributed by atoms with Crippen molar-refractivity contribution in [1.29, 1.82) is 0 Å². The van der Waals surface area contributed by atoms with Gasteiger partial charge in [-0.2, -0.15) is 0 Å². The van der Waals surface area contributed by atoms with Crippen molar-refractivity contribution >= 4 is 17.5 Å². The number of hydrogen-bond donors (Lipinski definition) is 2. The lowest BCUT2D eigenvalue weighted by Gasteiger charge is -2.18. The molecule has 2 aromatic carbocycles. The third-order valence-electron chi connectivity index (χ3n) is 5.53. The van der Waals surface area contributed by atoms with E-state index in [0.717, 1.165) is 38.2 Å². The van der Waals surface area contributed by atoms with E-state index in [2.05, 4.69) is 6.92 Å². The highest BCUT2D eigenvalue weighted by Gasteiger charge is 2.33. The molecule has 33 heavy (non-hydrogen) atoms. The average molecular weight is 455 g/mol. The maximum absolute atomic E-state index is 12.7. The summed E-state index contributed by atoms with van der Waals surface area (Å²) < 4.78 is 17.0. The Morgan fingerprint density at radius 2 is 1.85 bits per heavy atom. The van der Waals surface area contributed by atoms with Crippen LogP contribution in [0.2, 0.25) is 0 Å². The van der Waals surface area contributed by atoms with Crippen molar-refractivity contribution in [3.8, 4) is 28.7 Å². The second kappa shape index (κ2) is 10.4. The van der Waals surface area contributed by atoms with Crippen molar-refractivity contribution in [3.63, 3.8) is 0 Å². The summed E-state index contributed by atoms with van der Waals surface area (Å²) in [6.07, 6.45) is 6.47. The van der Waals surface area contributed by atoms with Gasteiger partial charge in [0.1, 0.15) is 28.6 Å². The minimum atomic E-state index is -0.567. The van der Waals surface area contributed by atoms with Gasteiger partial charge in [-0.25, -0.2) is 4.79 Å². The van der Waals surface area contributed by atoms with Crippen LogP contribution in [0.4, 0.5) is 0 Å². The second-order valence-corrected chi connectivity index (χ2v) is 8.01. The van der Waals surface area contributed by atoms with Crippen LogP contribution >= 0.6 is 0 Å². The summed E-state index contributed by atoms with van der Waals surface area (Å²) in [6, 6.07) is 4.33. The van der Waals surface area contributed by atoms with Crippen LogP contribution in [-0.2, 0) is 11.2 Å². The first kappa shape index (κ1) is 24.2. The van der Waals surface area contributed by atoms with Gasteiger partial charge in [-0.15, -0.1) is 0 Å². The minimum absolute atomic E-state index is 0.0309. The van der Waals surface area contributed by atoms with Gasteiger partial charge in [-0.3, -0.25) is 4.79 Å². The van der Waals surface area contributed by atoms with Crippen LogP contribution in [0.1, 0.15) is 84.7 Å². The maximum atomic E-state index is 12.7. The SMILES string of the molecule is CCC/C=C1/OC(=O)c2c(Oc3c(O)cc(O)c(C(C)=O)c3CCCCC)cc(OC)cc21. The molecule has 0 spiro atoms. The second-order valence-electron chi connectivity index (χ2n) is 8.01. The topological polar surface area (TPSA) is 102 Å². The van der Waals surface area contributed by atoms with E-state index in [0.29, 0.717) is 29.1 Å². The first-order chi connectivity index (χ1) is 15.8. The predicted octanol–water partition coefficient (Wildman–Crippen LogP) is 6.15. The van der Waals surface area contributed by atoms with Crippen molar-refractivity contribution in [2.75, 3.05) is 7.11 Å². The molecule has 1 aliphatic rings. The van der Waals surface area contributed by atoms with E-state index in [1.165, 1.54) is 14.0 Å². The van der Waals surface area contributed by atoms with E-state index < -0.39 is 5.97 Å². The van der Waals surface area contributed by atoms with E-state index in [1.807, 2.05) is 13.0 Å². The minimum Gasteiger partial charge on any atom is -0.507 e. The third kappa shape index (κ3) is 4.97. The zero-order valence-electron chi connectivity index (χ0n) is 19.5. The van der Waals surface area contributed by atoms with Gasteiger partial charge in [-0.05, 0) is 38.3 Å². The molecule has 0 aliphatic carbocycles. The number of allylic oxidation sites excluding steroid dienone is 1. The number of ether oxygens (including phenoxy) is 3. The van der Waals surface area contributed by atoms with E-state index in [9.17, 15) is 19.8 Å². The molecule has 3 rings (SSSR count). The van der Waals surface area contributed by atoms with E-state index in [4.69, 9.17) is 14.2 Å². The number of unbranched alkanes of at least 4 members (excludes halogenated alkanes) is 3. The molecule has 0 saturated heterocycles. The van der Waals surface area contributed by atoms with E-state index >= 15 is 0 Å². The number of hydrogen-bond acceptors (Lipinski definition) is 7. The number of phenols is 2. The number of esters is 1. The highest BCUT2D eigenvalue weighted by Crippen LogP contribution is 2.46. The molecule has 1 heterocycles. The van der Waals surface area contributed by atoms with Gasteiger partial charge in [0.15, 0.2) is 17.3 Å². The Balaban J connectivity index is 2.17. The normalized spacial score (nSPS) is 13.7. The number of aromatic hydroxyl groups is 2. The summed E-state index contributed by atoms with van der Waals surface area (Å²) in [5.41, 5.74) is 1.26. The summed E-state index contributed by atoms with van der Waals surface area (Å²) in [5, 5.41) is 21.0. The van der Waals surface area contributed by atoms with Crippen molar-refractivity contribution < 1.29 is 34.0 Å². The predicted molar refractivity (Wildman–Crippen MR) is 124 cm³/mol. The molecule has 7 nitrogen and oxygen atoms in total. The summed E-state index contributed by atoms with van der Waals surface area (Å²) in [6.45, 7) is 5.43. The first-order valence-corrected chi connectivity index (χ1v) is 11.2. The molecule has 2 N–H and O–H groups in total. The molecule has 1 aliphatic heterocycles. The lowest BCUT2D eigenvalue weighted by Crippen LogP contribution is -2.06. The van der Waals surface area contributed by atoms with Crippen LogP contribution in [0, 0.1) is 0 Å². The van der Waals surface area contributed by atoms with Crippen LogP contribution in [0.25, 0.3) is 5.76 Å². The number of Topliss-reactive ketones (excluding diaryl/α,β-unsaturated/α-hetero) is 1. The molecular formula is C26H30O7. The molecule has 0 bridgehead atoms. The molecule has 0 radical (unpaired) electrons. The summed E-state index contributed by atoms with van der Waals surface area (Å²) in [5.74, 6) is -0.492. The first-order valence-electron chi connectivity index (χ1n) is 11.2. The van der Waals surface area contributed by atoms with E-state index in [-0.39, 0.29) is 39.9 Å². The molecule has 0 fully saturated rings. The monoisotopic (exact) mass is 454 g/mol. The van der Waals surface area contributed by atoms with Crippen LogP contribution in [-0.4, -0.2) is 29.1 Å². The number of cyclic esters (lactones) is 1. The Morgan fingerprint density at radius 1 is 1.09 bits per heavy atom. The van der Waals surface area contributed by atoms with Crippen LogP contribution < -0.4 is 9.47 Å². The number of rotatable bonds is 10. The fourth-order valence-corrected chi connectivity index (χ4v) is 3.92. The zero-order chi connectivity index (χ0) is 24.1. The van der Waals surface area contributed by atoms with Crippen molar-refractivity contribution in [1.82, 2.24) is 0 Å². The maximum Gasteiger partial charge on any atom is 0.348 e. The standard InChI is InChI=1S/C26H30O7/c1-5-7-9-10-17-23(15(3)27)19(28)14-20(29)25(17)32-22-13-16(31-4)12-18-21(11-8-6-2)33-26(30)24(18)22/h11-14,28-29H,5-10H2,1-4H3/b21-11+. The van der Waals surface area contributed by atoms with Gasteiger partial charge in [0.2, 0.25) is 0 Å². The zero-order valence-corrected chi connectivity index (χ0v) is 19.5. The molecule has 176 valence electrons. The highest BCUT2D eigenvalue weighted by molar-refractivity contribution is 6.06. The van der Waals surface area contributed by atoms with Crippen molar-refractivity contribution in [2.24, 2.45) is 0 Å². The summed E-state index contributed by atoms with van der Waals surface area (Å²) in [7, 11) is 1.50. The molecule has 0 amide bonds. The molecular weight excluding hydrogens is 424 g/mol. The number of carbonyl (C=O) groups excluding carboxylic acids is 2. The lowest BCUT2D eigenvalue weighted by molar-refractivity contribution is 0.0712. The lowest BCUT2D eigenvalue weighted by atomic mass is 9.96. The fourth-order valence-electron chi connectivity index (χ4n) is 3.92. The van der Waals surface area contributed by atoms with Crippen molar-refractivity contribution in [2.45, 2.75) is 59.3 Å². The molecule has 0 unspecified atom stereocenters. The summed E-state index contributed by atoms with van der Waals surface area (Å²) >= 11 is 0.